The molecule has 0 aromatic carbocycles. The van der Waals surface area contributed by atoms with Crippen LogP contribution >= 0.6 is 11.8 Å². The van der Waals surface area contributed by atoms with E-state index in [1.807, 2.05) is 6.92 Å². The molecule has 0 radical (unpaired) electrons. The van der Waals surface area contributed by atoms with Crippen molar-refractivity contribution in [1.82, 2.24) is 10.6 Å². The molecule has 0 saturated carbocycles. The molecular weight excluding hydrogens is 236 g/mol. The largest absolute Gasteiger partial charge is 0.368 e. The third-order valence-electron chi connectivity index (χ3n) is 2.90. The summed E-state index contributed by atoms with van der Waals surface area (Å²) in [5.41, 5.74) is 0. The minimum atomic E-state index is 0.0112. The van der Waals surface area contributed by atoms with Crippen LogP contribution in [0.15, 0.2) is 0 Å². The van der Waals surface area contributed by atoms with Gasteiger partial charge in [-0.05, 0) is 51.3 Å². The van der Waals surface area contributed by atoms with Crippen LogP contribution in [0.5, 0.6) is 0 Å². The molecule has 4 nitrogen and oxygen atoms in total. The number of hydrogen-bond donors (Lipinski definition) is 2. The number of thioether (sulfide) groups is 1. The number of ether oxygens (including phenoxy) is 1. The first kappa shape index (κ1) is 14.8. The fourth-order valence-corrected chi connectivity index (χ4v) is 2.43. The fraction of sp³-hybridized carbons (Fsp3) is 0.917. The van der Waals surface area contributed by atoms with Crippen molar-refractivity contribution in [3.05, 3.63) is 0 Å². The number of piperidine rings is 1. The molecule has 0 bridgehead atoms. The molecule has 100 valence electrons. The lowest BCUT2D eigenvalue weighted by Gasteiger charge is -2.23. The van der Waals surface area contributed by atoms with Gasteiger partial charge < -0.3 is 15.4 Å². The summed E-state index contributed by atoms with van der Waals surface area (Å²) in [5.74, 6) is 1.09. The lowest BCUT2D eigenvalue weighted by molar-refractivity contribution is -0.128. The number of carbonyl (C=O) groups is 1. The Hall–Kier alpha value is -0.260. The maximum atomic E-state index is 11.6. The van der Waals surface area contributed by atoms with Gasteiger partial charge in [-0.1, -0.05) is 0 Å². The highest BCUT2D eigenvalue weighted by atomic mass is 32.2. The zero-order valence-electron chi connectivity index (χ0n) is 10.8. The van der Waals surface area contributed by atoms with Crippen LogP contribution in [0.25, 0.3) is 0 Å². The van der Waals surface area contributed by atoms with E-state index >= 15 is 0 Å². The summed E-state index contributed by atoms with van der Waals surface area (Å²) in [7, 11) is 0. The van der Waals surface area contributed by atoms with Crippen LogP contribution in [0.2, 0.25) is 0 Å². The second-order valence-electron chi connectivity index (χ2n) is 4.51. The van der Waals surface area contributed by atoms with E-state index in [2.05, 4.69) is 16.9 Å². The summed E-state index contributed by atoms with van der Waals surface area (Å²) in [6.07, 6.45) is 5.36. The molecule has 1 rings (SSSR count). The molecule has 0 aromatic rings. The van der Waals surface area contributed by atoms with Crippen molar-refractivity contribution in [2.75, 3.05) is 31.7 Å². The molecule has 1 aliphatic rings. The Morgan fingerprint density at radius 1 is 1.53 bits per heavy atom. The molecule has 1 amide bonds. The quantitative estimate of drug-likeness (QED) is 0.717. The molecule has 1 aliphatic heterocycles. The van der Waals surface area contributed by atoms with E-state index in [4.69, 9.17) is 4.74 Å². The van der Waals surface area contributed by atoms with Crippen LogP contribution in [0, 0.1) is 0 Å². The summed E-state index contributed by atoms with van der Waals surface area (Å²) in [6.45, 7) is 4.24. The molecule has 1 fully saturated rings. The van der Waals surface area contributed by atoms with Crippen LogP contribution in [-0.4, -0.2) is 49.8 Å². The highest BCUT2D eigenvalue weighted by Gasteiger charge is 2.15. The third kappa shape index (κ3) is 6.91. The highest BCUT2D eigenvalue weighted by Crippen LogP contribution is 2.06. The fourth-order valence-electron chi connectivity index (χ4n) is 1.84. The van der Waals surface area contributed by atoms with Crippen molar-refractivity contribution in [3.63, 3.8) is 0 Å². The van der Waals surface area contributed by atoms with E-state index in [9.17, 15) is 4.79 Å². The molecule has 1 heterocycles. The first-order valence-electron chi connectivity index (χ1n) is 6.33. The lowest BCUT2D eigenvalue weighted by atomic mass is 10.1. The van der Waals surface area contributed by atoms with Gasteiger partial charge in [-0.3, -0.25) is 4.79 Å². The van der Waals surface area contributed by atoms with Crippen molar-refractivity contribution < 1.29 is 9.53 Å². The van der Waals surface area contributed by atoms with Gasteiger partial charge in [0.1, 0.15) is 6.61 Å². The number of carbonyl (C=O) groups excluding carboxylic acids is 1. The summed E-state index contributed by atoms with van der Waals surface area (Å²) in [6, 6.07) is 0.242. The first-order valence-corrected chi connectivity index (χ1v) is 7.72. The molecule has 0 spiro atoms. The Kier molecular flexibility index (Phi) is 7.64. The normalized spacial score (nSPS) is 18.9. The van der Waals surface area contributed by atoms with Crippen molar-refractivity contribution in [1.29, 1.82) is 0 Å². The van der Waals surface area contributed by atoms with Crippen molar-refractivity contribution >= 4 is 17.7 Å². The molecule has 0 aliphatic carbocycles. The van der Waals surface area contributed by atoms with Gasteiger partial charge in [-0.2, -0.15) is 11.8 Å². The van der Waals surface area contributed by atoms with Crippen molar-refractivity contribution in [2.24, 2.45) is 0 Å². The van der Waals surface area contributed by atoms with Gasteiger partial charge in [0.15, 0.2) is 0 Å². The zero-order valence-corrected chi connectivity index (χ0v) is 11.6. The maximum Gasteiger partial charge on any atom is 0.246 e. The van der Waals surface area contributed by atoms with Gasteiger partial charge in [-0.25, -0.2) is 0 Å². The highest BCUT2D eigenvalue weighted by molar-refractivity contribution is 7.98. The van der Waals surface area contributed by atoms with Gasteiger partial charge in [0.2, 0.25) is 5.91 Å². The standard InChI is InChI=1S/C12H24N2O2S/c1-10(5-8-17-2)14-12(15)9-16-11-3-6-13-7-4-11/h10-11,13H,3-9H2,1-2H3,(H,14,15). The molecular formula is C12H24N2O2S. The van der Waals surface area contributed by atoms with Gasteiger partial charge >= 0.3 is 0 Å². The maximum absolute atomic E-state index is 11.6. The third-order valence-corrected chi connectivity index (χ3v) is 3.54. The topological polar surface area (TPSA) is 50.4 Å². The molecule has 5 heteroatoms. The molecule has 0 aromatic heterocycles. The van der Waals surface area contributed by atoms with Gasteiger partial charge in [0, 0.05) is 6.04 Å². The predicted molar refractivity (Wildman–Crippen MR) is 72.4 cm³/mol. The Morgan fingerprint density at radius 2 is 2.24 bits per heavy atom. The number of amides is 1. The van der Waals surface area contributed by atoms with Gasteiger partial charge in [0.05, 0.1) is 6.10 Å². The molecule has 17 heavy (non-hydrogen) atoms. The first-order chi connectivity index (χ1) is 8.22. The van der Waals surface area contributed by atoms with E-state index in [-0.39, 0.29) is 24.7 Å². The van der Waals surface area contributed by atoms with E-state index < -0.39 is 0 Å². The van der Waals surface area contributed by atoms with Crippen LogP contribution in [0.3, 0.4) is 0 Å². The number of nitrogens with one attached hydrogen (secondary N) is 2. The molecule has 1 saturated heterocycles. The SMILES string of the molecule is CSCCC(C)NC(=O)COC1CCNCC1. The Bertz CT molecular complexity index is 221. The van der Waals surface area contributed by atoms with Crippen LogP contribution < -0.4 is 10.6 Å². The zero-order chi connectivity index (χ0) is 12.5. The van der Waals surface area contributed by atoms with E-state index in [0.717, 1.165) is 38.1 Å². The Balaban J connectivity index is 2.07. The molecule has 1 unspecified atom stereocenters. The van der Waals surface area contributed by atoms with Crippen LogP contribution in [0.4, 0.5) is 0 Å². The smallest absolute Gasteiger partial charge is 0.246 e. The second kappa shape index (κ2) is 8.78. The minimum Gasteiger partial charge on any atom is -0.368 e. The van der Waals surface area contributed by atoms with Gasteiger partial charge in [-0.15, -0.1) is 0 Å². The summed E-state index contributed by atoms with van der Waals surface area (Å²) in [4.78, 5) is 11.6. The van der Waals surface area contributed by atoms with Crippen LogP contribution in [-0.2, 0) is 9.53 Å². The second-order valence-corrected chi connectivity index (χ2v) is 5.50. The molecule has 2 N–H and O–H groups in total. The Morgan fingerprint density at radius 3 is 2.88 bits per heavy atom. The summed E-state index contributed by atoms with van der Waals surface area (Å²) in [5, 5.41) is 6.24. The van der Waals surface area contributed by atoms with Crippen molar-refractivity contribution in [3.8, 4) is 0 Å². The summed E-state index contributed by atoms with van der Waals surface area (Å²) >= 11 is 1.80. The monoisotopic (exact) mass is 260 g/mol. The van der Waals surface area contributed by atoms with Crippen LogP contribution in [0.1, 0.15) is 26.2 Å². The minimum absolute atomic E-state index is 0.0112. The van der Waals surface area contributed by atoms with Crippen molar-refractivity contribution in [2.45, 2.75) is 38.3 Å². The average Bonchev–Trinajstić information content (AvgIpc) is 2.35. The number of hydrogen-bond acceptors (Lipinski definition) is 4. The summed E-state index contributed by atoms with van der Waals surface area (Å²) < 4.78 is 5.59. The van der Waals surface area contributed by atoms with E-state index in [1.54, 1.807) is 11.8 Å². The van der Waals surface area contributed by atoms with E-state index in [0.29, 0.717) is 0 Å². The predicted octanol–water partition coefficient (Wildman–Crippen LogP) is 1.01. The molecule has 1 atom stereocenters. The van der Waals surface area contributed by atoms with Gasteiger partial charge in [0.25, 0.3) is 0 Å². The lowest BCUT2D eigenvalue weighted by Crippen LogP contribution is -2.38. The average molecular weight is 260 g/mol. The van der Waals surface area contributed by atoms with E-state index in [1.165, 1.54) is 0 Å². The number of rotatable bonds is 7. The Labute approximate surface area is 108 Å².